The van der Waals surface area contributed by atoms with E-state index in [9.17, 15) is 0 Å². The van der Waals surface area contributed by atoms with Crippen LogP contribution in [0.4, 0.5) is 5.82 Å². The fourth-order valence-electron chi connectivity index (χ4n) is 3.23. The first-order valence-corrected chi connectivity index (χ1v) is 7.08. The largest absolute Gasteiger partial charge is 0.378 e. The molecule has 0 amide bonds. The lowest BCUT2D eigenvalue weighted by atomic mass is 9.74. The second-order valence-corrected chi connectivity index (χ2v) is 5.99. The van der Waals surface area contributed by atoms with Crippen LogP contribution in [0.25, 0.3) is 0 Å². The summed E-state index contributed by atoms with van der Waals surface area (Å²) in [6.45, 7) is 7.13. The van der Waals surface area contributed by atoms with Gasteiger partial charge in [0.2, 0.25) is 0 Å². The smallest absolute Gasteiger partial charge is 0.128 e. The molecule has 0 bridgehead atoms. The summed E-state index contributed by atoms with van der Waals surface area (Å²) in [6.07, 6.45) is 1.92. The number of ether oxygens (including phenoxy) is 1. The Bertz CT molecular complexity index is 460. The summed E-state index contributed by atoms with van der Waals surface area (Å²) >= 11 is 0. The highest BCUT2D eigenvalue weighted by molar-refractivity contribution is 5.46. The van der Waals surface area contributed by atoms with E-state index < -0.39 is 0 Å². The molecule has 1 atom stereocenters. The van der Waals surface area contributed by atoms with Gasteiger partial charge in [0, 0.05) is 44.3 Å². The average molecular weight is 260 g/mol. The molecule has 5 nitrogen and oxygen atoms in total. The molecule has 1 spiro atoms. The fraction of sp³-hybridized carbons (Fsp3) is 0.643. The van der Waals surface area contributed by atoms with Crippen molar-refractivity contribution in [3.05, 3.63) is 23.9 Å². The molecule has 0 aromatic carbocycles. The summed E-state index contributed by atoms with van der Waals surface area (Å²) in [4.78, 5) is 6.90. The zero-order valence-electron chi connectivity index (χ0n) is 11.1. The van der Waals surface area contributed by atoms with Gasteiger partial charge in [-0.1, -0.05) is 0 Å². The Balaban J connectivity index is 1.47. The minimum Gasteiger partial charge on any atom is -0.378 e. The minimum atomic E-state index is 0.316. The maximum atomic E-state index is 5.53. The molecule has 102 valence electrons. The molecule has 1 aromatic rings. The zero-order chi connectivity index (χ0) is 12.7. The number of hydrogen-bond acceptors (Lipinski definition) is 5. The van der Waals surface area contributed by atoms with Gasteiger partial charge in [0.15, 0.2) is 0 Å². The van der Waals surface area contributed by atoms with E-state index in [0.29, 0.717) is 11.5 Å². The van der Waals surface area contributed by atoms with Crippen molar-refractivity contribution in [2.24, 2.45) is 5.41 Å². The summed E-state index contributed by atoms with van der Waals surface area (Å²) in [5, 5.41) is 6.86. The van der Waals surface area contributed by atoms with Gasteiger partial charge in [-0.25, -0.2) is 4.98 Å². The predicted molar refractivity (Wildman–Crippen MR) is 73.3 cm³/mol. The summed E-state index contributed by atoms with van der Waals surface area (Å²) in [7, 11) is 0. The number of morpholine rings is 1. The Morgan fingerprint density at radius 2 is 2.26 bits per heavy atom. The number of nitrogens with one attached hydrogen (secondary N) is 2. The summed E-state index contributed by atoms with van der Waals surface area (Å²) in [5.74, 6) is 1.11. The third-order valence-corrected chi connectivity index (χ3v) is 4.47. The van der Waals surface area contributed by atoms with E-state index in [0.717, 1.165) is 38.7 Å². The van der Waals surface area contributed by atoms with Crippen molar-refractivity contribution in [3.8, 4) is 0 Å². The van der Waals surface area contributed by atoms with Gasteiger partial charge in [0.25, 0.3) is 0 Å². The van der Waals surface area contributed by atoms with E-state index in [1.165, 1.54) is 18.7 Å². The van der Waals surface area contributed by atoms with Gasteiger partial charge >= 0.3 is 0 Å². The predicted octanol–water partition coefficient (Wildman–Crippen LogP) is 0.152. The van der Waals surface area contributed by atoms with Crippen LogP contribution in [0.3, 0.4) is 0 Å². The van der Waals surface area contributed by atoms with Crippen LogP contribution in [0.15, 0.2) is 18.3 Å². The normalized spacial score (nSPS) is 28.8. The maximum Gasteiger partial charge on any atom is 0.128 e. The number of anilines is 1. The lowest BCUT2D eigenvalue weighted by Gasteiger charge is -2.56. The van der Waals surface area contributed by atoms with Gasteiger partial charge in [-0.15, -0.1) is 0 Å². The van der Waals surface area contributed by atoms with Crippen molar-refractivity contribution in [2.45, 2.75) is 6.04 Å². The molecule has 1 unspecified atom stereocenters. The molecular formula is C14H20N4O. The number of hydrogen-bond donors (Lipinski definition) is 2. The van der Waals surface area contributed by atoms with Crippen molar-refractivity contribution < 1.29 is 4.74 Å². The van der Waals surface area contributed by atoms with Crippen molar-refractivity contribution in [2.75, 3.05) is 50.8 Å². The Labute approximate surface area is 113 Å². The van der Waals surface area contributed by atoms with Gasteiger partial charge in [0.1, 0.15) is 5.82 Å². The Hall–Kier alpha value is -1.17. The molecule has 3 fully saturated rings. The van der Waals surface area contributed by atoms with Crippen LogP contribution in [0.1, 0.15) is 11.6 Å². The van der Waals surface area contributed by atoms with Crippen LogP contribution in [-0.2, 0) is 4.74 Å². The van der Waals surface area contributed by atoms with Crippen molar-refractivity contribution in [3.63, 3.8) is 0 Å². The fourth-order valence-corrected chi connectivity index (χ4v) is 3.23. The van der Waals surface area contributed by atoms with Crippen LogP contribution in [0.5, 0.6) is 0 Å². The highest BCUT2D eigenvalue weighted by Crippen LogP contribution is 2.37. The first-order valence-electron chi connectivity index (χ1n) is 7.08. The molecular weight excluding hydrogens is 240 g/mol. The molecule has 4 rings (SSSR count). The quantitative estimate of drug-likeness (QED) is 0.793. The molecule has 0 radical (unpaired) electrons. The number of rotatable bonds is 2. The van der Waals surface area contributed by atoms with Gasteiger partial charge in [0.05, 0.1) is 19.3 Å². The molecule has 5 heteroatoms. The molecule has 0 aliphatic carbocycles. The maximum absolute atomic E-state index is 5.53. The van der Waals surface area contributed by atoms with Crippen molar-refractivity contribution >= 4 is 5.82 Å². The van der Waals surface area contributed by atoms with E-state index in [1.807, 2.05) is 6.20 Å². The molecule has 4 heterocycles. The Kier molecular flexibility index (Phi) is 2.72. The SMILES string of the molecule is c1cc(C2COCCN2)cc(N2CC3(CNC3)C2)n1. The molecule has 3 saturated heterocycles. The van der Waals surface area contributed by atoms with E-state index in [2.05, 4.69) is 32.7 Å². The topological polar surface area (TPSA) is 49.4 Å². The first kappa shape index (κ1) is 11.6. The highest BCUT2D eigenvalue weighted by atomic mass is 16.5. The minimum absolute atomic E-state index is 0.316. The first-order chi connectivity index (χ1) is 9.35. The molecule has 3 aliphatic rings. The number of aromatic nitrogens is 1. The summed E-state index contributed by atoms with van der Waals surface area (Å²) in [5.41, 5.74) is 1.83. The van der Waals surface area contributed by atoms with E-state index in [4.69, 9.17) is 4.74 Å². The van der Waals surface area contributed by atoms with E-state index in [-0.39, 0.29) is 0 Å². The summed E-state index contributed by atoms with van der Waals surface area (Å²) in [6, 6.07) is 4.62. The van der Waals surface area contributed by atoms with Crippen LogP contribution < -0.4 is 15.5 Å². The van der Waals surface area contributed by atoms with Gasteiger partial charge in [-0.2, -0.15) is 0 Å². The van der Waals surface area contributed by atoms with E-state index in [1.54, 1.807) is 0 Å². The van der Waals surface area contributed by atoms with Crippen molar-refractivity contribution in [1.29, 1.82) is 0 Å². The van der Waals surface area contributed by atoms with Crippen LogP contribution >= 0.6 is 0 Å². The summed E-state index contributed by atoms with van der Waals surface area (Å²) < 4.78 is 5.53. The Morgan fingerprint density at radius 1 is 1.37 bits per heavy atom. The monoisotopic (exact) mass is 260 g/mol. The lowest BCUT2D eigenvalue weighted by molar-refractivity contribution is 0.0768. The third-order valence-electron chi connectivity index (χ3n) is 4.47. The molecule has 0 saturated carbocycles. The van der Waals surface area contributed by atoms with Gasteiger partial charge < -0.3 is 20.3 Å². The number of nitrogens with zero attached hydrogens (tertiary/aromatic N) is 2. The second-order valence-electron chi connectivity index (χ2n) is 5.99. The standard InChI is InChI=1S/C14H20N4O/c1-2-17-13(18-9-14(10-18)7-15-8-14)5-11(1)12-6-19-4-3-16-12/h1-2,5,12,15-16H,3-4,6-10H2. The molecule has 19 heavy (non-hydrogen) atoms. The molecule has 2 N–H and O–H groups in total. The van der Waals surface area contributed by atoms with Gasteiger partial charge in [-0.05, 0) is 17.7 Å². The second kappa shape index (κ2) is 4.44. The molecule has 3 aliphatic heterocycles. The Morgan fingerprint density at radius 3 is 2.95 bits per heavy atom. The lowest BCUT2D eigenvalue weighted by Crippen LogP contribution is -2.71. The third kappa shape index (κ3) is 2.02. The van der Waals surface area contributed by atoms with Crippen molar-refractivity contribution in [1.82, 2.24) is 15.6 Å². The highest BCUT2D eigenvalue weighted by Gasteiger charge is 2.47. The van der Waals surface area contributed by atoms with Crippen LogP contribution in [-0.4, -0.2) is 50.9 Å². The molecule has 1 aromatic heterocycles. The van der Waals surface area contributed by atoms with Gasteiger partial charge in [-0.3, -0.25) is 0 Å². The van der Waals surface area contributed by atoms with E-state index >= 15 is 0 Å². The van der Waals surface area contributed by atoms with Crippen LogP contribution in [0, 0.1) is 5.41 Å². The van der Waals surface area contributed by atoms with Crippen LogP contribution in [0.2, 0.25) is 0 Å². The number of pyridine rings is 1. The average Bonchev–Trinajstić information content (AvgIpc) is 2.37. The zero-order valence-corrected chi connectivity index (χ0v) is 11.1.